The fraction of sp³-hybridized carbons (Fsp3) is 0.500. The minimum Gasteiger partial charge on any atom is -0.423 e. The molecule has 1 aliphatic rings. The van der Waals surface area contributed by atoms with Gasteiger partial charge in [0.15, 0.2) is 0 Å². The second-order valence-corrected chi connectivity index (χ2v) is 6.63. The molecule has 1 saturated carbocycles. The fourth-order valence-corrected chi connectivity index (χ4v) is 3.34. The van der Waals surface area contributed by atoms with Gasteiger partial charge >= 0.3 is 0 Å². The van der Waals surface area contributed by atoms with Crippen molar-refractivity contribution in [3.8, 4) is 11.5 Å². The van der Waals surface area contributed by atoms with Crippen molar-refractivity contribution < 1.29 is 4.42 Å². The third kappa shape index (κ3) is 2.69. The van der Waals surface area contributed by atoms with Crippen molar-refractivity contribution in [1.29, 1.82) is 0 Å². The zero-order valence-corrected chi connectivity index (χ0v) is 12.3. The molecule has 2 aromatic rings. The topological polar surface area (TPSA) is 51.0 Å². The molecule has 0 saturated heterocycles. The van der Waals surface area contributed by atoms with Crippen LogP contribution in [-0.2, 0) is 0 Å². The van der Waals surface area contributed by atoms with Crippen LogP contribution in [0, 0.1) is 11.3 Å². The van der Waals surface area contributed by atoms with E-state index in [0.29, 0.717) is 23.3 Å². The van der Waals surface area contributed by atoms with E-state index in [9.17, 15) is 0 Å². The molecular weight excluding hydrogens is 250 g/mol. The molecule has 4 nitrogen and oxygen atoms in total. The van der Waals surface area contributed by atoms with Crippen LogP contribution in [0.3, 0.4) is 0 Å². The highest BCUT2D eigenvalue weighted by molar-refractivity contribution is 5.61. The number of hydrogen-bond acceptors (Lipinski definition) is 4. The first-order chi connectivity index (χ1) is 9.53. The first kappa shape index (κ1) is 13.2. The van der Waals surface area contributed by atoms with E-state index in [1.165, 1.54) is 19.2 Å². The van der Waals surface area contributed by atoms with Crippen LogP contribution in [0.15, 0.2) is 35.1 Å². The molecule has 0 spiro atoms. The Labute approximate surface area is 119 Å². The summed E-state index contributed by atoms with van der Waals surface area (Å²) >= 11 is 0. The Morgan fingerprint density at radius 2 is 2.15 bits per heavy atom. The van der Waals surface area contributed by atoms with E-state index in [0.717, 1.165) is 11.3 Å². The van der Waals surface area contributed by atoms with E-state index in [1.54, 1.807) is 0 Å². The average Bonchev–Trinajstić information content (AvgIpc) is 2.98. The predicted octanol–water partition coefficient (Wildman–Crippen LogP) is 3.97. The summed E-state index contributed by atoms with van der Waals surface area (Å²) in [6.07, 6.45) is 3.84. The molecule has 4 heteroatoms. The predicted molar refractivity (Wildman–Crippen MR) is 79.3 cm³/mol. The van der Waals surface area contributed by atoms with Gasteiger partial charge in [0.05, 0.1) is 0 Å². The number of rotatable bonds is 3. The van der Waals surface area contributed by atoms with E-state index < -0.39 is 0 Å². The van der Waals surface area contributed by atoms with Crippen LogP contribution < -0.4 is 5.32 Å². The third-order valence-electron chi connectivity index (χ3n) is 4.16. The summed E-state index contributed by atoms with van der Waals surface area (Å²) in [7, 11) is 0. The smallest absolute Gasteiger partial charge is 0.247 e. The molecule has 1 aromatic carbocycles. The minimum absolute atomic E-state index is 0.432. The molecule has 1 fully saturated rings. The summed E-state index contributed by atoms with van der Waals surface area (Å²) in [5.41, 5.74) is 2.51. The van der Waals surface area contributed by atoms with Crippen LogP contribution in [0.5, 0.6) is 0 Å². The maximum Gasteiger partial charge on any atom is 0.247 e. The number of benzene rings is 1. The Hall–Kier alpha value is -1.84. The first-order valence-corrected chi connectivity index (χ1v) is 7.17. The third-order valence-corrected chi connectivity index (χ3v) is 4.16. The fourth-order valence-electron chi connectivity index (χ4n) is 3.34. The largest absolute Gasteiger partial charge is 0.423 e. The van der Waals surface area contributed by atoms with Gasteiger partial charge in [-0.3, -0.25) is 0 Å². The van der Waals surface area contributed by atoms with E-state index in [1.807, 2.05) is 12.1 Å². The lowest BCUT2D eigenvalue weighted by Gasteiger charge is -2.20. The van der Waals surface area contributed by atoms with Crippen molar-refractivity contribution in [2.24, 2.45) is 11.3 Å². The average molecular weight is 271 g/mol. The van der Waals surface area contributed by atoms with E-state index in [2.05, 4.69) is 48.4 Å². The molecular formula is C16H21N3O. The number of aromatic nitrogens is 2. The van der Waals surface area contributed by atoms with Crippen LogP contribution >= 0.6 is 0 Å². The van der Waals surface area contributed by atoms with Crippen LogP contribution in [-0.4, -0.2) is 16.2 Å². The van der Waals surface area contributed by atoms with Gasteiger partial charge in [-0.25, -0.2) is 0 Å². The summed E-state index contributed by atoms with van der Waals surface area (Å²) in [5, 5.41) is 11.3. The molecule has 1 heterocycles. The Bertz CT molecular complexity index is 577. The van der Waals surface area contributed by atoms with Crippen molar-refractivity contribution in [3.05, 3.63) is 30.7 Å². The van der Waals surface area contributed by atoms with Gasteiger partial charge in [-0.2, -0.15) is 0 Å². The molecule has 2 atom stereocenters. The molecule has 106 valence electrons. The van der Waals surface area contributed by atoms with Gasteiger partial charge < -0.3 is 9.73 Å². The lowest BCUT2D eigenvalue weighted by Crippen LogP contribution is -2.22. The normalized spacial score (nSPS) is 24.8. The molecule has 0 radical (unpaired) electrons. The standard InChI is InChI=1S/C16H21N3O/c1-11-8-16(2,3)9-14(11)18-13-6-4-5-12(7-13)15-19-17-10-20-15/h4-7,10-11,14,18H,8-9H2,1-3H3. The van der Waals surface area contributed by atoms with Gasteiger partial charge in [-0.05, 0) is 42.4 Å². The lowest BCUT2D eigenvalue weighted by atomic mass is 9.91. The SMILES string of the molecule is CC1CC(C)(C)CC1Nc1cccc(-c2nnco2)c1. The van der Waals surface area contributed by atoms with Gasteiger partial charge in [0.2, 0.25) is 12.3 Å². The van der Waals surface area contributed by atoms with Gasteiger partial charge in [0.1, 0.15) is 0 Å². The number of nitrogens with zero attached hydrogens (tertiary/aromatic N) is 2. The van der Waals surface area contributed by atoms with E-state index >= 15 is 0 Å². The van der Waals surface area contributed by atoms with Gasteiger partial charge in [0.25, 0.3) is 0 Å². The van der Waals surface area contributed by atoms with Crippen LogP contribution in [0.2, 0.25) is 0 Å². The first-order valence-electron chi connectivity index (χ1n) is 7.17. The summed E-state index contributed by atoms with van der Waals surface area (Å²) in [4.78, 5) is 0. The summed E-state index contributed by atoms with van der Waals surface area (Å²) in [5.74, 6) is 1.26. The van der Waals surface area contributed by atoms with Crippen LogP contribution in [0.1, 0.15) is 33.6 Å². The van der Waals surface area contributed by atoms with Crippen molar-refractivity contribution in [2.75, 3.05) is 5.32 Å². The summed E-state index contributed by atoms with van der Waals surface area (Å²) in [6.45, 7) is 7.02. The second kappa shape index (κ2) is 4.93. The molecule has 0 bridgehead atoms. The molecule has 20 heavy (non-hydrogen) atoms. The molecule has 1 N–H and O–H groups in total. The quantitative estimate of drug-likeness (QED) is 0.917. The number of anilines is 1. The number of hydrogen-bond donors (Lipinski definition) is 1. The Balaban J connectivity index is 1.77. The van der Waals surface area contributed by atoms with Crippen molar-refractivity contribution in [3.63, 3.8) is 0 Å². The zero-order chi connectivity index (χ0) is 14.2. The molecule has 2 unspecified atom stereocenters. The lowest BCUT2D eigenvalue weighted by molar-refractivity contribution is 0.366. The number of nitrogens with one attached hydrogen (secondary N) is 1. The highest BCUT2D eigenvalue weighted by atomic mass is 16.4. The van der Waals surface area contributed by atoms with Crippen LogP contribution in [0.25, 0.3) is 11.5 Å². The molecule has 3 rings (SSSR count). The molecule has 1 aliphatic carbocycles. The zero-order valence-electron chi connectivity index (χ0n) is 12.3. The molecule has 0 amide bonds. The van der Waals surface area contributed by atoms with E-state index in [4.69, 9.17) is 4.42 Å². The highest BCUT2D eigenvalue weighted by Crippen LogP contribution is 2.42. The van der Waals surface area contributed by atoms with Gasteiger partial charge in [0, 0.05) is 17.3 Å². The molecule has 0 aliphatic heterocycles. The van der Waals surface area contributed by atoms with Crippen molar-refractivity contribution >= 4 is 5.69 Å². The van der Waals surface area contributed by atoms with Crippen molar-refractivity contribution in [1.82, 2.24) is 10.2 Å². The maximum atomic E-state index is 5.25. The highest BCUT2D eigenvalue weighted by Gasteiger charge is 2.36. The second-order valence-electron chi connectivity index (χ2n) is 6.63. The van der Waals surface area contributed by atoms with Gasteiger partial charge in [-0.15, -0.1) is 10.2 Å². The van der Waals surface area contributed by atoms with Crippen molar-refractivity contribution in [2.45, 2.75) is 39.7 Å². The van der Waals surface area contributed by atoms with Crippen LogP contribution in [0.4, 0.5) is 5.69 Å². The van der Waals surface area contributed by atoms with Gasteiger partial charge in [-0.1, -0.05) is 26.8 Å². The maximum absolute atomic E-state index is 5.25. The monoisotopic (exact) mass is 271 g/mol. The summed E-state index contributed by atoms with van der Waals surface area (Å²) in [6, 6.07) is 8.71. The summed E-state index contributed by atoms with van der Waals surface area (Å²) < 4.78 is 5.25. The Kier molecular flexibility index (Phi) is 3.24. The Morgan fingerprint density at radius 1 is 1.30 bits per heavy atom. The molecule has 1 aromatic heterocycles. The Morgan fingerprint density at radius 3 is 2.80 bits per heavy atom. The van der Waals surface area contributed by atoms with E-state index in [-0.39, 0.29) is 0 Å². The minimum atomic E-state index is 0.432.